The van der Waals surface area contributed by atoms with Crippen LogP contribution in [0.1, 0.15) is 0 Å². The minimum Gasteiger partial charge on any atom is -0.382 e. The van der Waals surface area contributed by atoms with Crippen molar-refractivity contribution in [2.75, 3.05) is 5.73 Å². The molecule has 0 saturated heterocycles. The fourth-order valence-electron chi connectivity index (χ4n) is 2.04. The van der Waals surface area contributed by atoms with Gasteiger partial charge >= 0.3 is 0 Å². The van der Waals surface area contributed by atoms with Gasteiger partial charge in [-0.2, -0.15) is 0 Å². The summed E-state index contributed by atoms with van der Waals surface area (Å²) in [6, 6.07) is 11.5. The fraction of sp³-hybridized carbons (Fsp3) is 0. The molecule has 3 aromatic rings. The molecule has 0 amide bonds. The molecule has 0 saturated carbocycles. The van der Waals surface area contributed by atoms with Crippen LogP contribution in [0.25, 0.3) is 22.0 Å². The van der Waals surface area contributed by atoms with Gasteiger partial charge in [0.15, 0.2) is 0 Å². The van der Waals surface area contributed by atoms with Crippen molar-refractivity contribution in [2.24, 2.45) is 0 Å². The van der Waals surface area contributed by atoms with E-state index in [0.717, 1.165) is 16.3 Å². The van der Waals surface area contributed by atoms with Crippen molar-refractivity contribution in [1.82, 2.24) is 9.97 Å². The first-order valence-electron chi connectivity index (χ1n) is 5.62. The Kier molecular flexibility index (Phi) is 3.01. The van der Waals surface area contributed by atoms with Crippen molar-refractivity contribution in [1.29, 1.82) is 0 Å². The number of nitrogens with two attached hydrogens (primary N) is 1. The van der Waals surface area contributed by atoms with Crippen molar-refractivity contribution < 1.29 is 0 Å². The Balaban J connectivity index is 2.38. The third-order valence-electron chi connectivity index (χ3n) is 2.94. The van der Waals surface area contributed by atoms with Gasteiger partial charge in [0.1, 0.15) is 17.2 Å². The van der Waals surface area contributed by atoms with Crippen molar-refractivity contribution in [3.05, 3.63) is 52.8 Å². The van der Waals surface area contributed by atoms with Gasteiger partial charge in [0.05, 0.1) is 5.69 Å². The third-order valence-corrected chi connectivity index (χ3v) is 3.64. The number of nitrogen functional groups attached to an aromatic ring is 1. The lowest BCUT2D eigenvalue weighted by Gasteiger charge is -2.09. The number of halogens is 2. The van der Waals surface area contributed by atoms with E-state index in [0.29, 0.717) is 15.7 Å². The van der Waals surface area contributed by atoms with Gasteiger partial charge in [-0.15, -0.1) is 0 Å². The lowest BCUT2D eigenvalue weighted by atomic mass is 10.0. The molecule has 0 aliphatic carbocycles. The van der Waals surface area contributed by atoms with E-state index in [1.165, 1.54) is 6.33 Å². The lowest BCUT2D eigenvalue weighted by Crippen LogP contribution is -1.96. The Bertz CT molecular complexity index is 772. The van der Waals surface area contributed by atoms with Crippen molar-refractivity contribution in [3.63, 3.8) is 0 Å². The van der Waals surface area contributed by atoms with Crippen LogP contribution >= 0.6 is 23.2 Å². The molecule has 0 unspecified atom stereocenters. The van der Waals surface area contributed by atoms with Gasteiger partial charge < -0.3 is 5.73 Å². The van der Waals surface area contributed by atoms with Gasteiger partial charge in [0, 0.05) is 16.0 Å². The zero-order chi connectivity index (χ0) is 13.4. The van der Waals surface area contributed by atoms with E-state index < -0.39 is 0 Å². The Morgan fingerprint density at radius 3 is 2.42 bits per heavy atom. The number of benzene rings is 2. The van der Waals surface area contributed by atoms with Crippen LogP contribution in [0.15, 0.2) is 42.7 Å². The summed E-state index contributed by atoms with van der Waals surface area (Å²) in [6.45, 7) is 0. The standard InChI is InChI=1S/C14H9Cl2N3/c15-11-6-5-10(8-3-1-2-4-9(8)11)13-12(16)14(17)19-7-18-13/h1-7H,(H2,17,18,19). The maximum atomic E-state index is 6.20. The average Bonchev–Trinajstić information content (AvgIpc) is 2.43. The van der Waals surface area contributed by atoms with Crippen LogP contribution in [0.5, 0.6) is 0 Å². The van der Waals surface area contributed by atoms with Crippen LogP contribution in [-0.2, 0) is 0 Å². The minimum atomic E-state index is 0.269. The first kappa shape index (κ1) is 12.2. The molecular weight excluding hydrogens is 281 g/mol. The van der Waals surface area contributed by atoms with Crippen LogP contribution < -0.4 is 5.73 Å². The van der Waals surface area contributed by atoms with E-state index in [1.54, 1.807) is 0 Å². The quantitative estimate of drug-likeness (QED) is 0.731. The highest BCUT2D eigenvalue weighted by Crippen LogP contribution is 2.36. The van der Waals surface area contributed by atoms with Crippen molar-refractivity contribution in [2.45, 2.75) is 0 Å². The van der Waals surface area contributed by atoms with Gasteiger partial charge in [-0.3, -0.25) is 0 Å². The summed E-state index contributed by atoms with van der Waals surface area (Å²) in [5, 5.41) is 2.98. The van der Waals surface area contributed by atoms with Crippen LogP contribution in [0, 0.1) is 0 Å². The largest absolute Gasteiger partial charge is 0.382 e. The molecule has 94 valence electrons. The van der Waals surface area contributed by atoms with Crippen LogP contribution in [-0.4, -0.2) is 9.97 Å². The van der Waals surface area contributed by atoms with E-state index in [2.05, 4.69) is 9.97 Å². The molecule has 1 aromatic heterocycles. The highest BCUT2D eigenvalue weighted by atomic mass is 35.5. The van der Waals surface area contributed by atoms with Gasteiger partial charge in [-0.05, 0) is 11.5 Å². The smallest absolute Gasteiger partial charge is 0.146 e. The Morgan fingerprint density at radius 2 is 1.63 bits per heavy atom. The van der Waals surface area contributed by atoms with E-state index in [1.807, 2.05) is 36.4 Å². The van der Waals surface area contributed by atoms with E-state index in [9.17, 15) is 0 Å². The molecule has 3 rings (SSSR count). The number of nitrogens with zero attached hydrogens (tertiary/aromatic N) is 2. The molecule has 19 heavy (non-hydrogen) atoms. The number of hydrogen-bond donors (Lipinski definition) is 1. The minimum absolute atomic E-state index is 0.269. The Morgan fingerprint density at radius 1 is 0.895 bits per heavy atom. The summed E-state index contributed by atoms with van der Waals surface area (Å²) >= 11 is 12.4. The first-order valence-corrected chi connectivity index (χ1v) is 6.37. The van der Waals surface area contributed by atoms with Gasteiger partial charge in [-0.25, -0.2) is 9.97 Å². The predicted octanol–water partition coefficient (Wildman–Crippen LogP) is 4.19. The first-order chi connectivity index (χ1) is 9.18. The van der Waals surface area contributed by atoms with Gasteiger partial charge in [0.2, 0.25) is 0 Å². The average molecular weight is 290 g/mol. The SMILES string of the molecule is Nc1ncnc(-c2ccc(Cl)c3ccccc23)c1Cl. The molecule has 0 fully saturated rings. The maximum Gasteiger partial charge on any atom is 0.146 e. The number of rotatable bonds is 1. The molecule has 1 heterocycles. The van der Waals surface area contributed by atoms with Crippen molar-refractivity contribution in [3.8, 4) is 11.3 Å². The van der Waals surface area contributed by atoms with Crippen LogP contribution in [0.2, 0.25) is 10.0 Å². The Hall–Kier alpha value is -1.84. The summed E-state index contributed by atoms with van der Waals surface area (Å²) in [7, 11) is 0. The second-order valence-corrected chi connectivity index (χ2v) is 4.85. The molecule has 0 radical (unpaired) electrons. The molecule has 2 aromatic carbocycles. The Labute approximate surface area is 120 Å². The molecule has 3 nitrogen and oxygen atoms in total. The summed E-state index contributed by atoms with van der Waals surface area (Å²) < 4.78 is 0. The maximum absolute atomic E-state index is 6.20. The molecule has 0 atom stereocenters. The zero-order valence-corrected chi connectivity index (χ0v) is 11.3. The molecule has 0 aliphatic heterocycles. The fourth-order valence-corrected chi connectivity index (χ4v) is 2.47. The number of hydrogen-bond acceptors (Lipinski definition) is 3. The predicted molar refractivity (Wildman–Crippen MR) is 79.4 cm³/mol. The lowest BCUT2D eigenvalue weighted by molar-refractivity contribution is 1.18. The second-order valence-electron chi connectivity index (χ2n) is 4.06. The number of anilines is 1. The monoisotopic (exact) mass is 289 g/mol. The molecule has 0 bridgehead atoms. The van der Waals surface area contributed by atoms with Crippen LogP contribution in [0.4, 0.5) is 5.82 Å². The van der Waals surface area contributed by atoms with Crippen molar-refractivity contribution >= 4 is 39.8 Å². The normalized spacial score (nSPS) is 10.8. The highest BCUT2D eigenvalue weighted by molar-refractivity contribution is 6.37. The van der Waals surface area contributed by atoms with Gasteiger partial charge in [-0.1, -0.05) is 53.5 Å². The summed E-state index contributed by atoms with van der Waals surface area (Å²) in [6.07, 6.45) is 1.40. The van der Waals surface area contributed by atoms with E-state index in [4.69, 9.17) is 28.9 Å². The topological polar surface area (TPSA) is 51.8 Å². The number of aromatic nitrogens is 2. The summed E-state index contributed by atoms with van der Waals surface area (Å²) in [5.74, 6) is 0.269. The zero-order valence-electron chi connectivity index (χ0n) is 9.77. The molecule has 0 spiro atoms. The molecule has 2 N–H and O–H groups in total. The highest BCUT2D eigenvalue weighted by Gasteiger charge is 2.12. The van der Waals surface area contributed by atoms with E-state index in [-0.39, 0.29) is 5.82 Å². The number of fused-ring (bicyclic) bond motifs is 1. The van der Waals surface area contributed by atoms with Crippen LogP contribution in [0.3, 0.4) is 0 Å². The summed E-state index contributed by atoms with van der Waals surface area (Å²) in [4.78, 5) is 8.09. The molecular formula is C14H9Cl2N3. The second kappa shape index (κ2) is 4.68. The molecule has 0 aliphatic rings. The van der Waals surface area contributed by atoms with E-state index >= 15 is 0 Å². The van der Waals surface area contributed by atoms with Gasteiger partial charge in [0.25, 0.3) is 0 Å². The molecule has 5 heteroatoms. The third kappa shape index (κ3) is 2.01. The summed E-state index contributed by atoms with van der Waals surface area (Å²) in [5.41, 5.74) is 7.22.